The fourth-order valence-electron chi connectivity index (χ4n) is 1.56. The Morgan fingerprint density at radius 2 is 2.16 bits per heavy atom. The second kappa shape index (κ2) is 5.58. The summed E-state index contributed by atoms with van der Waals surface area (Å²) >= 11 is 1.38. The molecule has 0 saturated heterocycles. The highest BCUT2D eigenvalue weighted by Crippen LogP contribution is 2.27. The molecule has 0 saturated carbocycles. The average molecular weight is 289 g/mol. The maximum atomic E-state index is 12.1. The number of hydrogen-bond acceptors (Lipinski definition) is 4. The van der Waals surface area contributed by atoms with Gasteiger partial charge in [-0.1, -0.05) is 12.1 Å². The molecule has 1 aromatic carbocycles. The van der Waals surface area contributed by atoms with E-state index in [1.807, 2.05) is 0 Å². The number of aliphatic hydroxyl groups is 1. The van der Waals surface area contributed by atoms with Gasteiger partial charge in [-0.25, -0.2) is 4.98 Å². The van der Waals surface area contributed by atoms with Crippen molar-refractivity contribution in [1.29, 1.82) is 0 Å². The number of aliphatic hydroxyl groups excluding tert-OH is 1. The maximum Gasteiger partial charge on any atom is 0.573 e. The van der Waals surface area contributed by atoms with E-state index in [9.17, 15) is 18.3 Å². The van der Waals surface area contributed by atoms with Gasteiger partial charge in [-0.15, -0.1) is 24.5 Å². The number of benzene rings is 1. The van der Waals surface area contributed by atoms with E-state index in [0.29, 0.717) is 5.56 Å². The quantitative estimate of drug-likeness (QED) is 0.939. The zero-order valence-electron chi connectivity index (χ0n) is 9.59. The Labute approximate surface area is 111 Å². The van der Waals surface area contributed by atoms with Gasteiger partial charge in [0.05, 0.1) is 11.1 Å². The maximum absolute atomic E-state index is 12.1. The summed E-state index contributed by atoms with van der Waals surface area (Å²) in [5.41, 5.74) is 0.358. The van der Waals surface area contributed by atoms with Gasteiger partial charge in [0.2, 0.25) is 0 Å². The predicted octanol–water partition coefficient (Wildman–Crippen LogP) is 3.32. The van der Waals surface area contributed by atoms with Gasteiger partial charge < -0.3 is 9.84 Å². The molecule has 0 aliphatic carbocycles. The Balaban J connectivity index is 2.09. The summed E-state index contributed by atoms with van der Waals surface area (Å²) < 4.78 is 40.1. The van der Waals surface area contributed by atoms with Crippen LogP contribution in [0, 0.1) is 0 Å². The summed E-state index contributed by atoms with van der Waals surface area (Å²) in [7, 11) is 0. The number of halogens is 3. The summed E-state index contributed by atoms with van der Waals surface area (Å²) in [6.07, 6.45) is -3.79. The standard InChI is InChI=1S/C12H10F3NO2S/c13-12(14,15)18-9-3-1-2-8(6-9)10(17)7-11-16-4-5-19-11/h1-6,10,17H,7H2. The summed E-state index contributed by atoms with van der Waals surface area (Å²) in [6, 6.07) is 5.31. The van der Waals surface area contributed by atoms with Crippen LogP contribution in [0.5, 0.6) is 5.75 Å². The van der Waals surface area contributed by atoms with Crippen molar-refractivity contribution >= 4 is 11.3 Å². The summed E-state index contributed by atoms with van der Waals surface area (Å²) in [5.74, 6) is -0.344. The predicted molar refractivity (Wildman–Crippen MR) is 63.9 cm³/mol. The molecular weight excluding hydrogens is 279 g/mol. The number of alkyl halides is 3. The van der Waals surface area contributed by atoms with Crippen LogP contribution >= 0.6 is 11.3 Å². The molecule has 1 unspecified atom stereocenters. The first-order chi connectivity index (χ1) is 8.94. The van der Waals surface area contributed by atoms with Crippen molar-refractivity contribution in [3.63, 3.8) is 0 Å². The molecule has 0 aliphatic rings. The molecule has 0 spiro atoms. The van der Waals surface area contributed by atoms with E-state index in [1.54, 1.807) is 17.6 Å². The molecule has 1 N–H and O–H groups in total. The monoisotopic (exact) mass is 289 g/mol. The number of thiazole rings is 1. The van der Waals surface area contributed by atoms with Gasteiger partial charge in [-0.2, -0.15) is 0 Å². The van der Waals surface area contributed by atoms with Crippen LogP contribution < -0.4 is 4.74 Å². The molecule has 102 valence electrons. The third kappa shape index (κ3) is 4.22. The van der Waals surface area contributed by atoms with E-state index in [-0.39, 0.29) is 12.2 Å². The lowest BCUT2D eigenvalue weighted by atomic mass is 10.1. The van der Waals surface area contributed by atoms with Crippen LogP contribution in [-0.4, -0.2) is 16.5 Å². The van der Waals surface area contributed by atoms with Crippen molar-refractivity contribution in [2.45, 2.75) is 18.9 Å². The third-order valence-electron chi connectivity index (χ3n) is 2.33. The van der Waals surface area contributed by atoms with Crippen LogP contribution in [0.15, 0.2) is 35.8 Å². The first-order valence-electron chi connectivity index (χ1n) is 5.36. The van der Waals surface area contributed by atoms with Crippen molar-refractivity contribution in [2.24, 2.45) is 0 Å². The molecule has 19 heavy (non-hydrogen) atoms. The van der Waals surface area contributed by atoms with Crippen molar-refractivity contribution in [1.82, 2.24) is 4.98 Å². The molecule has 0 amide bonds. The summed E-state index contributed by atoms with van der Waals surface area (Å²) in [6.45, 7) is 0. The lowest BCUT2D eigenvalue weighted by Crippen LogP contribution is -2.17. The van der Waals surface area contributed by atoms with E-state index in [0.717, 1.165) is 5.01 Å². The van der Waals surface area contributed by atoms with Crippen LogP contribution in [0.25, 0.3) is 0 Å². The number of nitrogens with zero attached hydrogens (tertiary/aromatic N) is 1. The second-order valence-electron chi connectivity index (χ2n) is 3.77. The van der Waals surface area contributed by atoms with E-state index in [4.69, 9.17) is 0 Å². The molecular formula is C12H10F3NO2S. The highest BCUT2D eigenvalue weighted by Gasteiger charge is 2.31. The van der Waals surface area contributed by atoms with Crippen molar-refractivity contribution in [3.05, 3.63) is 46.4 Å². The Bertz CT molecular complexity index is 528. The molecule has 0 radical (unpaired) electrons. The molecule has 1 atom stereocenters. The van der Waals surface area contributed by atoms with Crippen LogP contribution in [0.3, 0.4) is 0 Å². The first-order valence-corrected chi connectivity index (χ1v) is 6.24. The Kier molecular flexibility index (Phi) is 4.06. The molecule has 1 aromatic heterocycles. The smallest absolute Gasteiger partial charge is 0.406 e. The lowest BCUT2D eigenvalue weighted by Gasteiger charge is -2.13. The molecule has 3 nitrogen and oxygen atoms in total. The highest BCUT2D eigenvalue weighted by atomic mass is 32.1. The van der Waals surface area contributed by atoms with Crippen molar-refractivity contribution < 1.29 is 23.0 Å². The van der Waals surface area contributed by atoms with E-state index < -0.39 is 12.5 Å². The largest absolute Gasteiger partial charge is 0.573 e. The van der Waals surface area contributed by atoms with Gasteiger partial charge in [0.15, 0.2) is 0 Å². The number of ether oxygens (including phenoxy) is 1. The molecule has 0 fully saturated rings. The van der Waals surface area contributed by atoms with E-state index in [2.05, 4.69) is 9.72 Å². The molecule has 2 rings (SSSR count). The average Bonchev–Trinajstić information content (AvgIpc) is 2.80. The van der Waals surface area contributed by atoms with Crippen LogP contribution in [-0.2, 0) is 6.42 Å². The Hall–Kier alpha value is -1.60. The highest BCUT2D eigenvalue weighted by molar-refractivity contribution is 7.09. The fraction of sp³-hybridized carbons (Fsp3) is 0.250. The zero-order valence-corrected chi connectivity index (χ0v) is 10.4. The Morgan fingerprint density at radius 3 is 2.79 bits per heavy atom. The summed E-state index contributed by atoms with van der Waals surface area (Å²) in [5, 5.41) is 12.4. The minimum Gasteiger partial charge on any atom is -0.406 e. The molecule has 2 aromatic rings. The van der Waals surface area contributed by atoms with Gasteiger partial charge in [0.1, 0.15) is 5.75 Å². The summed E-state index contributed by atoms with van der Waals surface area (Å²) in [4.78, 5) is 4.01. The number of aromatic nitrogens is 1. The zero-order chi connectivity index (χ0) is 13.9. The van der Waals surface area contributed by atoms with Gasteiger partial charge in [0.25, 0.3) is 0 Å². The van der Waals surface area contributed by atoms with E-state index >= 15 is 0 Å². The molecule has 1 heterocycles. The third-order valence-corrected chi connectivity index (χ3v) is 3.13. The second-order valence-corrected chi connectivity index (χ2v) is 4.75. The normalized spacial score (nSPS) is 13.3. The number of rotatable bonds is 4. The SMILES string of the molecule is OC(Cc1nccs1)c1cccc(OC(F)(F)F)c1. The Morgan fingerprint density at radius 1 is 1.37 bits per heavy atom. The lowest BCUT2D eigenvalue weighted by molar-refractivity contribution is -0.274. The van der Waals surface area contributed by atoms with Gasteiger partial charge >= 0.3 is 6.36 Å². The van der Waals surface area contributed by atoms with Crippen LogP contribution in [0.1, 0.15) is 16.7 Å². The number of hydrogen-bond donors (Lipinski definition) is 1. The minimum absolute atomic E-state index is 0.257. The van der Waals surface area contributed by atoms with E-state index in [1.165, 1.54) is 29.5 Å². The van der Waals surface area contributed by atoms with Crippen LogP contribution in [0.4, 0.5) is 13.2 Å². The minimum atomic E-state index is -4.74. The van der Waals surface area contributed by atoms with Gasteiger partial charge in [0, 0.05) is 18.0 Å². The van der Waals surface area contributed by atoms with Gasteiger partial charge in [-0.05, 0) is 17.7 Å². The first kappa shape index (κ1) is 13.8. The molecule has 0 bridgehead atoms. The topological polar surface area (TPSA) is 42.4 Å². The van der Waals surface area contributed by atoms with Gasteiger partial charge in [-0.3, -0.25) is 0 Å². The molecule has 0 aliphatic heterocycles. The van der Waals surface area contributed by atoms with Crippen LogP contribution in [0.2, 0.25) is 0 Å². The van der Waals surface area contributed by atoms with Crippen molar-refractivity contribution in [2.75, 3.05) is 0 Å². The fourth-order valence-corrected chi connectivity index (χ4v) is 2.21. The van der Waals surface area contributed by atoms with Crippen molar-refractivity contribution in [3.8, 4) is 5.75 Å². The molecule has 7 heteroatoms.